The largest absolute Gasteiger partial charge is 0.316 e. The minimum absolute atomic E-state index is 0.361. The van der Waals surface area contributed by atoms with Gasteiger partial charge >= 0.3 is 0 Å². The average molecular weight is 381 g/mol. The lowest BCUT2D eigenvalue weighted by molar-refractivity contribution is -0.128. The average Bonchev–Trinajstić information content (AvgIpc) is 2.67. The highest BCUT2D eigenvalue weighted by molar-refractivity contribution is 5.32. The van der Waals surface area contributed by atoms with Crippen LogP contribution < -0.4 is 10.6 Å². The fourth-order valence-electron chi connectivity index (χ4n) is 8.44. The highest BCUT2D eigenvalue weighted by atomic mass is 15.0. The van der Waals surface area contributed by atoms with Gasteiger partial charge in [-0.15, -0.1) is 0 Å². The standard InChI is InChI=1S/C26H40N2/c1-4-24-12-20-13-25(15-24,19-28-22-10-11-27-18-23(22,2)3)17-26(14-20,16-24)21-8-6-5-7-9-21/h5-9,20,22,27-28H,4,10-19H2,1-3H3. The van der Waals surface area contributed by atoms with Gasteiger partial charge in [-0.3, -0.25) is 0 Å². The van der Waals surface area contributed by atoms with Crippen molar-refractivity contribution in [3.05, 3.63) is 35.9 Å². The van der Waals surface area contributed by atoms with Crippen LogP contribution in [0, 0.1) is 22.2 Å². The van der Waals surface area contributed by atoms with Crippen molar-refractivity contribution in [1.29, 1.82) is 0 Å². The number of hydrogen-bond acceptors (Lipinski definition) is 2. The van der Waals surface area contributed by atoms with Gasteiger partial charge in [-0.25, -0.2) is 0 Å². The van der Waals surface area contributed by atoms with E-state index in [0.29, 0.717) is 27.7 Å². The fraction of sp³-hybridized carbons (Fsp3) is 0.769. The first-order valence-electron chi connectivity index (χ1n) is 11.9. The molecule has 4 aliphatic carbocycles. The zero-order valence-electron chi connectivity index (χ0n) is 18.3. The Morgan fingerprint density at radius 3 is 2.50 bits per heavy atom. The molecule has 0 spiro atoms. The molecule has 5 fully saturated rings. The van der Waals surface area contributed by atoms with E-state index in [2.05, 4.69) is 61.7 Å². The van der Waals surface area contributed by atoms with Crippen LogP contribution in [0.1, 0.15) is 77.7 Å². The Kier molecular flexibility index (Phi) is 4.49. The summed E-state index contributed by atoms with van der Waals surface area (Å²) in [4.78, 5) is 0. The van der Waals surface area contributed by atoms with E-state index in [0.717, 1.165) is 12.5 Å². The lowest BCUT2D eigenvalue weighted by Gasteiger charge is -2.67. The summed E-state index contributed by atoms with van der Waals surface area (Å²) in [5.41, 5.74) is 3.57. The molecule has 5 aliphatic rings. The van der Waals surface area contributed by atoms with E-state index in [-0.39, 0.29) is 0 Å². The Morgan fingerprint density at radius 1 is 1.00 bits per heavy atom. The molecule has 154 valence electrons. The smallest absolute Gasteiger partial charge is 0.0143 e. The maximum Gasteiger partial charge on any atom is 0.0143 e. The van der Waals surface area contributed by atoms with Crippen molar-refractivity contribution >= 4 is 0 Å². The molecule has 1 aromatic carbocycles. The monoisotopic (exact) mass is 380 g/mol. The molecule has 2 N–H and O–H groups in total. The van der Waals surface area contributed by atoms with Crippen LogP contribution in [0.15, 0.2) is 30.3 Å². The van der Waals surface area contributed by atoms with E-state index in [9.17, 15) is 0 Å². The molecule has 1 aliphatic heterocycles. The van der Waals surface area contributed by atoms with Gasteiger partial charge in [0.05, 0.1) is 0 Å². The van der Waals surface area contributed by atoms with Crippen molar-refractivity contribution in [2.75, 3.05) is 19.6 Å². The summed E-state index contributed by atoms with van der Waals surface area (Å²) in [6.45, 7) is 10.9. The molecule has 2 nitrogen and oxygen atoms in total. The molecule has 6 rings (SSSR count). The summed E-state index contributed by atoms with van der Waals surface area (Å²) in [5.74, 6) is 0.944. The van der Waals surface area contributed by atoms with E-state index in [1.807, 2.05) is 0 Å². The third-order valence-corrected chi connectivity index (χ3v) is 9.29. The Labute approximate surface area is 172 Å². The van der Waals surface area contributed by atoms with Gasteiger partial charge < -0.3 is 10.6 Å². The predicted molar refractivity (Wildman–Crippen MR) is 118 cm³/mol. The second-order valence-corrected chi connectivity index (χ2v) is 11.9. The molecule has 0 amide bonds. The summed E-state index contributed by atoms with van der Waals surface area (Å²) in [7, 11) is 0. The van der Waals surface area contributed by atoms with Crippen LogP contribution in [0.5, 0.6) is 0 Å². The van der Waals surface area contributed by atoms with Crippen LogP contribution >= 0.6 is 0 Å². The Bertz CT molecular complexity index is 712. The summed E-state index contributed by atoms with van der Waals surface area (Å²) >= 11 is 0. The first-order chi connectivity index (χ1) is 13.4. The molecule has 2 heteroatoms. The normalized spacial score (nSPS) is 44.0. The fourth-order valence-corrected chi connectivity index (χ4v) is 8.44. The topological polar surface area (TPSA) is 24.1 Å². The second kappa shape index (κ2) is 6.57. The van der Waals surface area contributed by atoms with Gasteiger partial charge in [0.2, 0.25) is 0 Å². The molecule has 0 radical (unpaired) electrons. The van der Waals surface area contributed by atoms with E-state index < -0.39 is 0 Å². The van der Waals surface area contributed by atoms with Gasteiger partial charge in [0.25, 0.3) is 0 Å². The minimum atomic E-state index is 0.361. The van der Waals surface area contributed by atoms with E-state index in [1.165, 1.54) is 64.5 Å². The number of rotatable bonds is 5. The lowest BCUT2D eigenvalue weighted by atomic mass is 9.38. The van der Waals surface area contributed by atoms with Gasteiger partial charge in [-0.05, 0) is 84.6 Å². The summed E-state index contributed by atoms with van der Waals surface area (Å²) in [6.07, 6.45) is 11.4. The first kappa shape index (κ1) is 19.1. The van der Waals surface area contributed by atoms with Crippen LogP contribution in [0.4, 0.5) is 0 Å². The molecule has 1 heterocycles. The van der Waals surface area contributed by atoms with Crippen molar-refractivity contribution in [2.24, 2.45) is 22.2 Å². The van der Waals surface area contributed by atoms with Crippen LogP contribution in [-0.2, 0) is 5.41 Å². The Balaban J connectivity index is 1.43. The number of benzene rings is 1. The van der Waals surface area contributed by atoms with E-state index in [1.54, 1.807) is 5.56 Å². The van der Waals surface area contributed by atoms with Crippen LogP contribution in [0.25, 0.3) is 0 Å². The number of piperidine rings is 1. The molecular formula is C26H40N2. The van der Waals surface area contributed by atoms with Gasteiger partial charge in [0, 0.05) is 19.1 Å². The maximum atomic E-state index is 4.14. The molecule has 4 bridgehead atoms. The molecule has 5 atom stereocenters. The first-order valence-corrected chi connectivity index (χ1v) is 11.9. The SMILES string of the molecule is CCC12CC3CC(CNC4CCNCC4(C)C)(C1)CC(c1ccccc1)(C3)C2. The van der Waals surface area contributed by atoms with Crippen LogP contribution in [0.2, 0.25) is 0 Å². The van der Waals surface area contributed by atoms with Gasteiger partial charge in [-0.2, -0.15) is 0 Å². The highest BCUT2D eigenvalue weighted by Gasteiger charge is 2.62. The van der Waals surface area contributed by atoms with E-state index >= 15 is 0 Å². The molecule has 5 unspecified atom stereocenters. The number of hydrogen-bond donors (Lipinski definition) is 2. The Hall–Kier alpha value is -0.860. The summed E-state index contributed by atoms with van der Waals surface area (Å²) in [5, 5.41) is 7.74. The van der Waals surface area contributed by atoms with Crippen molar-refractivity contribution < 1.29 is 0 Å². The summed E-state index contributed by atoms with van der Waals surface area (Å²) in [6, 6.07) is 12.3. The highest BCUT2D eigenvalue weighted by Crippen LogP contribution is 2.70. The molecule has 1 saturated heterocycles. The van der Waals surface area contributed by atoms with Gasteiger partial charge in [0.1, 0.15) is 0 Å². The van der Waals surface area contributed by atoms with Crippen molar-refractivity contribution in [3.8, 4) is 0 Å². The predicted octanol–water partition coefficient (Wildman–Crippen LogP) is 5.28. The lowest BCUT2D eigenvalue weighted by Crippen LogP contribution is -2.62. The molecular weight excluding hydrogens is 340 g/mol. The zero-order valence-corrected chi connectivity index (χ0v) is 18.3. The van der Waals surface area contributed by atoms with Crippen molar-refractivity contribution in [1.82, 2.24) is 10.6 Å². The van der Waals surface area contributed by atoms with Crippen LogP contribution in [0.3, 0.4) is 0 Å². The van der Waals surface area contributed by atoms with Crippen molar-refractivity contribution in [2.45, 2.75) is 83.6 Å². The third kappa shape index (κ3) is 3.06. The van der Waals surface area contributed by atoms with Gasteiger partial charge in [-0.1, -0.05) is 57.5 Å². The number of nitrogens with one attached hydrogen (secondary N) is 2. The summed E-state index contributed by atoms with van der Waals surface area (Å²) < 4.78 is 0. The molecule has 1 aromatic rings. The second-order valence-electron chi connectivity index (χ2n) is 11.9. The molecule has 28 heavy (non-hydrogen) atoms. The van der Waals surface area contributed by atoms with Crippen molar-refractivity contribution in [3.63, 3.8) is 0 Å². The molecule has 4 saturated carbocycles. The third-order valence-electron chi connectivity index (χ3n) is 9.29. The Morgan fingerprint density at radius 2 is 1.75 bits per heavy atom. The maximum absolute atomic E-state index is 4.14. The quantitative estimate of drug-likeness (QED) is 0.726. The van der Waals surface area contributed by atoms with Crippen LogP contribution in [-0.4, -0.2) is 25.7 Å². The zero-order chi connectivity index (χ0) is 19.5. The minimum Gasteiger partial charge on any atom is -0.316 e. The van der Waals surface area contributed by atoms with E-state index in [4.69, 9.17) is 0 Å². The molecule has 0 aromatic heterocycles. The van der Waals surface area contributed by atoms with Gasteiger partial charge in [0.15, 0.2) is 0 Å².